The van der Waals surface area contributed by atoms with Crippen LogP contribution in [0.3, 0.4) is 0 Å². The van der Waals surface area contributed by atoms with Gasteiger partial charge in [0, 0.05) is 31.9 Å². The molecule has 0 bridgehead atoms. The highest BCUT2D eigenvalue weighted by molar-refractivity contribution is 5.46. The van der Waals surface area contributed by atoms with Crippen molar-refractivity contribution in [3.05, 3.63) is 30.1 Å². The van der Waals surface area contributed by atoms with Crippen molar-refractivity contribution >= 4 is 5.69 Å². The molecule has 106 valence electrons. The molecule has 0 spiro atoms. The third kappa shape index (κ3) is 4.48. The number of nitrogens with zero attached hydrogens (tertiary/aromatic N) is 3. The molecular weight excluding hydrogens is 241 g/mol. The van der Waals surface area contributed by atoms with Crippen molar-refractivity contribution in [3.63, 3.8) is 0 Å². The highest BCUT2D eigenvalue weighted by atomic mass is 19.1. The minimum absolute atomic E-state index is 0.161. The molecule has 0 N–H and O–H groups in total. The van der Waals surface area contributed by atoms with Gasteiger partial charge in [-0.15, -0.1) is 0 Å². The van der Waals surface area contributed by atoms with E-state index in [0.29, 0.717) is 0 Å². The van der Waals surface area contributed by atoms with Crippen LogP contribution in [0.5, 0.6) is 0 Å². The third-order valence-electron chi connectivity index (χ3n) is 3.64. The molecule has 0 aliphatic carbocycles. The SMILES string of the molecule is CN(C)CCCN1CCN(c2ccc(F)cc2)CC1. The second-order valence-corrected chi connectivity index (χ2v) is 5.46. The Balaban J connectivity index is 1.74. The summed E-state index contributed by atoms with van der Waals surface area (Å²) in [6.07, 6.45) is 1.23. The summed E-state index contributed by atoms with van der Waals surface area (Å²) in [7, 11) is 4.24. The zero-order chi connectivity index (χ0) is 13.7. The monoisotopic (exact) mass is 265 g/mol. The molecule has 1 aliphatic heterocycles. The summed E-state index contributed by atoms with van der Waals surface area (Å²) in [6.45, 7) is 6.60. The van der Waals surface area contributed by atoms with Gasteiger partial charge in [0.2, 0.25) is 0 Å². The Morgan fingerprint density at radius 3 is 2.26 bits per heavy atom. The summed E-state index contributed by atoms with van der Waals surface area (Å²) in [4.78, 5) is 7.08. The number of halogens is 1. The van der Waals surface area contributed by atoms with E-state index in [4.69, 9.17) is 0 Å². The molecule has 19 heavy (non-hydrogen) atoms. The normalized spacial score (nSPS) is 17.2. The van der Waals surface area contributed by atoms with E-state index in [-0.39, 0.29) is 5.82 Å². The van der Waals surface area contributed by atoms with Gasteiger partial charge in [0.05, 0.1) is 0 Å². The van der Waals surface area contributed by atoms with Crippen LogP contribution in [0.4, 0.5) is 10.1 Å². The van der Waals surface area contributed by atoms with Gasteiger partial charge in [-0.2, -0.15) is 0 Å². The maximum absolute atomic E-state index is 12.9. The first-order valence-electron chi connectivity index (χ1n) is 7.03. The maximum atomic E-state index is 12.9. The van der Waals surface area contributed by atoms with Gasteiger partial charge in [0.15, 0.2) is 0 Å². The van der Waals surface area contributed by atoms with Crippen molar-refractivity contribution in [1.82, 2.24) is 9.80 Å². The molecular formula is C15H24FN3. The van der Waals surface area contributed by atoms with Crippen molar-refractivity contribution in [1.29, 1.82) is 0 Å². The molecule has 0 unspecified atom stereocenters. The molecule has 0 radical (unpaired) electrons. The molecule has 1 aliphatic rings. The van der Waals surface area contributed by atoms with Gasteiger partial charge in [0.25, 0.3) is 0 Å². The molecule has 1 aromatic carbocycles. The lowest BCUT2D eigenvalue weighted by Gasteiger charge is -2.36. The minimum Gasteiger partial charge on any atom is -0.369 e. The van der Waals surface area contributed by atoms with Crippen LogP contribution >= 0.6 is 0 Å². The first-order chi connectivity index (χ1) is 9.15. The van der Waals surface area contributed by atoms with Crippen LogP contribution in [0, 0.1) is 5.82 Å². The maximum Gasteiger partial charge on any atom is 0.123 e. The first kappa shape index (κ1) is 14.3. The van der Waals surface area contributed by atoms with Crippen molar-refractivity contribution in [2.24, 2.45) is 0 Å². The van der Waals surface area contributed by atoms with Crippen LogP contribution in [0.2, 0.25) is 0 Å². The molecule has 1 fully saturated rings. The zero-order valence-electron chi connectivity index (χ0n) is 12.0. The van der Waals surface area contributed by atoms with E-state index < -0.39 is 0 Å². The molecule has 0 saturated carbocycles. The van der Waals surface area contributed by atoms with Gasteiger partial charge >= 0.3 is 0 Å². The summed E-state index contributed by atoms with van der Waals surface area (Å²) in [5, 5.41) is 0. The van der Waals surface area contributed by atoms with Gasteiger partial charge in [-0.3, -0.25) is 4.90 Å². The Morgan fingerprint density at radius 2 is 1.68 bits per heavy atom. The summed E-state index contributed by atoms with van der Waals surface area (Å²) in [5.74, 6) is -0.161. The fourth-order valence-electron chi connectivity index (χ4n) is 2.49. The van der Waals surface area contributed by atoms with Gasteiger partial charge in [-0.05, 0) is 57.9 Å². The smallest absolute Gasteiger partial charge is 0.123 e. The first-order valence-corrected chi connectivity index (χ1v) is 7.03. The number of hydrogen-bond donors (Lipinski definition) is 0. The average molecular weight is 265 g/mol. The predicted octanol–water partition coefficient (Wildman–Crippen LogP) is 1.90. The van der Waals surface area contributed by atoms with Crippen molar-refractivity contribution < 1.29 is 4.39 Å². The van der Waals surface area contributed by atoms with Crippen molar-refractivity contribution in [2.45, 2.75) is 6.42 Å². The topological polar surface area (TPSA) is 9.72 Å². The predicted molar refractivity (Wildman–Crippen MR) is 78.2 cm³/mol. The van der Waals surface area contributed by atoms with Gasteiger partial charge in [-0.25, -0.2) is 4.39 Å². The van der Waals surface area contributed by atoms with E-state index in [0.717, 1.165) is 38.4 Å². The highest BCUT2D eigenvalue weighted by Crippen LogP contribution is 2.16. The Kier molecular flexibility index (Phi) is 5.16. The zero-order valence-corrected chi connectivity index (χ0v) is 12.0. The van der Waals surface area contributed by atoms with Gasteiger partial charge in [0.1, 0.15) is 5.82 Å². The van der Waals surface area contributed by atoms with Crippen LogP contribution in [0.15, 0.2) is 24.3 Å². The second-order valence-electron chi connectivity index (χ2n) is 5.46. The minimum atomic E-state index is -0.161. The Morgan fingerprint density at radius 1 is 1.05 bits per heavy atom. The Bertz CT molecular complexity index is 369. The Hall–Kier alpha value is -1.13. The standard InChI is InChI=1S/C15H24FN3/c1-17(2)8-3-9-18-10-12-19(13-11-18)15-6-4-14(16)5-7-15/h4-7H,3,8-13H2,1-2H3. The number of benzene rings is 1. The summed E-state index contributed by atoms with van der Waals surface area (Å²) < 4.78 is 12.9. The molecule has 4 heteroatoms. The Labute approximate surface area is 115 Å². The number of piperazine rings is 1. The van der Waals surface area contributed by atoms with E-state index in [1.54, 1.807) is 12.1 Å². The molecule has 0 amide bonds. The lowest BCUT2D eigenvalue weighted by Crippen LogP contribution is -2.46. The van der Waals surface area contributed by atoms with Crippen LogP contribution < -0.4 is 4.90 Å². The molecule has 0 aromatic heterocycles. The largest absolute Gasteiger partial charge is 0.369 e. The molecule has 1 saturated heterocycles. The van der Waals surface area contributed by atoms with E-state index in [9.17, 15) is 4.39 Å². The number of rotatable bonds is 5. The van der Waals surface area contributed by atoms with Gasteiger partial charge in [-0.1, -0.05) is 0 Å². The summed E-state index contributed by atoms with van der Waals surface area (Å²) in [5.41, 5.74) is 1.13. The summed E-state index contributed by atoms with van der Waals surface area (Å²) in [6, 6.07) is 6.83. The molecule has 0 atom stereocenters. The number of anilines is 1. The lowest BCUT2D eigenvalue weighted by molar-refractivity contribution is 0.242. The van der Waals surface area contributed by atoms with Crippen LogP contribution in [-0.4, -0.2) is 63.2 Å². The molecule has 1 heterocycles. The number of hydrogen-bond acceptors (Lipinski definition) is 3. The van der Waals surface area contributed by atoms with E-state index >= 15 is 0 Å². The van der Waals surface area contributed by atoms with Crippen molar-refractivity contribution in [3.8, 4) is 0 Å². The quantitative estimate of drug-likeness (QED) is 0.805. The highest BCUT2D eigenvalue weighted by Gasteiger charge is 2.16. The van der Waals surface area contributed by atoms with Crippen LogP contribution in [-0.2, 0) is 0 Å². The van der Waals surface area contributed by atoms with E-state index in [1.165, 1.54) is 13.0 Å². The molecule has 1 aromatic rings. The fraction of sp³-hybridized carbons (Fsp3) is 0.600. The van der Waals surface area contributed by atoms with Crippen LogP contribution in [0.25, 0.3) is 0 Å². The lowest BCUT2D eigenvalue weighted by atomic mass is 10.2. The van der Waals surface area contributed by atoms with Gasteiger partial charge < -0.3 is 9.80 Å². The van der Waals surface area contributed by atoms with Crippen LogP contribution in [0.1, 0.15) is 6.42 Å². The average Bonchev–Trinajstić information content (AvgIpc) is 2.40. The third-order valence-corrected chi connectivity index (χ3v) is 3.64. The fourth-order valence-corrected chi connectivity index (χ4v) is 2.49. The summed E-state index contributed by atoms with van der Waals surface area (Å²) >= 11 is 0. The van der Waals surface area contributed by atoms with E-state index in [1.807, 2.05) is 12.1 Å². The van der Waals surface area contributed by atoms with E-state index in [2.05, 4.69) is 28.8 Å². The molecule has 3 nitrogen and oxygen atoms in total. The van der Waals surface area contributed by atoms with Crippen molar-refractivity contribution in [2.75, 3.05) is 58.3 Å². The second kappa shape index (κ2) is 6.87. The molecule has 2 rings (SSSR count).